The maximum atomic E-state index is 12.7. The molecule has 1 heterocycles. The van der Waals surface area contributed by atoms with Gasteiger partial charge in [0.25, 0.3) is 0 Å². The summed E-state index contributed by atoms with van der Waals surface area (Å²) < 4.78 is 26.3. The number of rotatable bonds is 6. The fourth-order valence-electron chi connectivity index (χ4n) is 2.01. The predicted molar refractivity (Wildman–Crippen MR) is 84.8 cm³/mol. The van der Waals surface area contributed by atoms with E-state index in [1.165, 1.54) is 25.4 Å². The molecular formula is C15H17N3O3S. The van der Waals surface area contributed by atoms with Gasteiger partial charge in [0, 0.05) is 36.8 Å². The van der Waals surface area contributed by atoms with Crippen molar-refractivity contribution < 1.29 is 13.2 Å². The number of carbonyl (C=O) groups excluding carboxylic acids is 1. The van der Waals surface area contributed by atoms with Crippen LogP contribution in [0, 0.1) is 0 Å². The third-order valence-corrected chi connectivity index (χ3v) is 5.00. The monoisotopic (exact) mass is 319 g/mol. The van der Waals surface area contributed by atoms with Crippen molar-refractivity contribution in [1.29, 1.82) is 0 Å². The average Bonchev–Trinajstić information content (AvgIpc) is 2.52. The molecule has 2 aromatic rings. The molecule has 0 aliphatic rings. The van der Waals surface area contributed by atoms with Crippen molar-refractivity contribution in [1.82, 2.24) is 14.6 Å². The molecule has 0 saturated carbocycles. The number of nitrogens with one attached hydrogen (secondary N) is 1. The molecule has 0 saturated heterocycles. The van der Waals surface area contributed by atoms with Gasteiger partial charge in [0.1, 0.15) is 0 Å². The molecule has 0 spiro atoms. The number of likely N-dealkylation sites (N-methyl/N-ethyl adjacent to an activating group) is 1. The minimum Gasteiger partial charge on any atom is -0.351 e. The van der Waals surface area contributed by atoms with Crippen molar-refractivity contribution in [3.8, 4) is 0 Å². The van der Waals surface area contributed by atoms with Crippen molar-refractivity contribution in [2.75, 3.05) is 20.1 Å². The summed E-state index contributed by atoms with van der Waals surface area (Å²) in [7, 11) is -2.39. The Morgan fingerprint density at radius 2 is 2.18 bits per heavy atom. The van der Waals surface area contributed by atoms with Gasteiger partial charge in [-0.3, -0.25) is 9.78 Å². The van der Waals surface area contributed by atoms with Crippen LogP contribution in [0.15, 0.2) is 54.2 Å². The lowest BCUT2D eigenvalue weighted by molar-refractivity contribution is -0.120. The van der Waals surface area contributed by atoms with E-state index in [0.717, 1.165) is 9.69 Å². The van der Waals surface area contributed by atoms with Gasteiger partial charge in [-0.1, -0.05) is 18.2 Å². The Morgan fingerprint density at radius 1 is 1.41 bits per heavy atom. The Morgan fingerprint density at radius 3 is 2.91 bits per heavy atom. The van der Waals surface area contributed by atoms with Crippen molar-refractivity contribution in [2.24, 2.45) is 0 Å². The van der Waals surface area contributed by atoms with Gasteiger partial charge in [0.15, 0.2) is 0 Å². The number of hydrogen-bond donors (Lipinski definition) is 1. The molecule has 7 heteroatoms. The lowest BCUT2D eigenvalue weighted by Crippen LogP contribution is -2.38. The molecule has 0 radical (unpaired) electrons. The Hall–Kier alpha value is -2.25. The van der Waals surface area contributed by atoms with E-state index >= 15 is 0 Å². The van der Waals surface area contributed by atoms with Gasteiger partial charge in [-0.15, -0.1) is 6.58 Å². The number of nitrogens with zero attached hydrogens (tertiary/aromatic N) is 2. The number of benzene rings is 1. The molecule has 116 valence electrons. The quantitative estimate of drug-likeness (QED) is 0.810. The van der Waals surface area contributed by atoms with Crippen molar-refractivity contribution >= 4 is 26.7 Å². The molecule has 0 fully saturated rings. The second-order valence-electron chi connectivity index (χ2n) is 4.71. The fourth-order valence-corrected chi connectivity index (χ4v) is 3.35. The summed E-state index contributed by atoms with van der Waals surface area (Å²) in [6.45, 7) is 3.54. The minimum atomic E-state index is -3.77. The smallest absolute Gasteiger partial charge is 0.243 e. The predicted octanol–water partition coefficient (Wildman–Crippen LogP) is 1.16. The third kappa shape index (κ3) is 3.32. The summed E-state index contributed by atoms with van der Waals surface area (Å²) in [6.07, 6.45) is 4.67. The standard InChI is InChI=1S/C15H17N3O3S/c1-3-8-17-15(19)11-18(2)22(20,21)14-6-4-5-12-10-16-9-7-13(12)14/h3-7,9-10H,1,8,11H2,2H3,(H,17,19). The molecule has 1 aromatic heterocycles. The highest BCUT2D eigenvalue weighted by Gasteiger charge is 2.24. The summed E-state index contributed by atoms with van der Waals surface area (Å²) in [5.74, 6) is -0.382. The van der Waals surface area contributed by atoms with Crippen molar-refractivity contribution in [2.45, 2.75) is 4.90 Å². The zero-order valence-electron chi connectivity index (χ0n) is 12.2. The zero-order chi connectivity index (χ0) is 16.2. The van der Waals surface area contributed by atoms with E-state index in [1.807, 2.05) is 0 Å². The van der Waals surface area contributed by atoms with Gasteiger partial charge in [0.2, 0.25) is 15.9 Å². The number of aromatic nitrogens is 1. The summed E-state index contributed by atoms with van der Waals surface area (Å²) in [6, 6.07) is 6.62. The van der Waals surface area contributed by atoms with Crippen LogP contribution < -0.4 is 5.32 Å². The van der Waals surface area contributed by atoms with Crippen LogP contribution in [0.5, 0.6) is 0 Å². The van der Waals surface area contributed by atoms with E-state index < -0.39 is 10.0 Å². The SMILES string of the molecule is C=CCNC(=O)CN(C)S(=O)(=O)c1cccc2cnccc12. The Labute approximate surface area is 129 Å². The molecular weight excluding hydrogens is 302 g/mol. The minimum absolute atomic E-state index is 0.159. The first-order chi connectivity index (χ1) is 10.5. The van der Waals surface area contributed by atoms with Crippen LogP contribution in [0.25, 0.3) is 10.8 Å². The molecule has 1 amide bonds. The lowest BCUT2D eigenvalue weighted by Gasteiger charge is -2.17. The zero-order valence-corrected chi connectivity index (χ0v) is 13.0. The average molecular weight is 319 g/mol. The second-order valence-corrected chi connectivity index (χ2v) is 6.72. The molecule has 6 nitrogen and oxygen atoms in total. The maximum absolute atomic E-state index is 12.7. The van der Waals surface area contributed by atoms with Crippen LogP contribution in [0.3, 0.4) is 0 Å². The highest BCUT2D eigenvalue weighted by molar-refractivity contribution is 7.89. The topological polar surface area (TPSA) is 79.4 Å². The van der Waals surface area contributed by atoms with E-state index in [4.69, 9.17) is 0 Å². The molecule has 0 bridgehead atoms. The van der Waals surface area contributed by atoms with Crippen LogP contribution in [0.4, 0.5) is 0 Å². The number of sulfonamides is 1. The largest absolute Gasteiger partial charge is 0.351 e. The maximum Gasteiger partial charge on any atom is 0.243 e. The van der Waals surface area contributed by atoms with E-state index in [1.54, 1.807) is 24.4 Å². The van der Waals surface area contributed by atoms with Crippen LogP contribution in [0.1, 0.15) is 0 Å². The number of amides is 1. The molecule has 0 atom stereocenters. The Bertz CT molecular complexity index is 797. The number of fused-ring (bicyclic) bond motifs is 1. The second kappa shape index (κ2) is 6.67. The van der Waals surface area contributed by atoms with E-state index in [-0.39, 0.29) is 17.3 Å². The van der Waals surface area contributed by atoms with Crippen LogP contribution in [-0.2, 0) is 14.8 Å². The molecule has 1 N–H and O–H groups in total. The normalized spacial score (nSPS) is 11.5. The molecule has 1 aromatic carbocycles. The van der Waals surface area contributed by atoms with Gasteiger partial charge in [-0.25, -0.2) is 8.42 Å². The first-order valence-corrected chi connectivity index (χ1v) is 8.07. The van der Waals surface area contributed by atoms with Gasteiger partial charge in [0.05, 0.1) is 11.4 Å². The Kier molecular flexibility index (Phi) is 4.89. The number of hydrogen-bond acceptors (Lipinski definition) is 4. The van der Waals surface area contributed by atoms with Gasteiger partial charge < -0.3 is 5.32 Å². The molecule has 22 heavy (non-hydrogen) atoms. The first kappa shape index (κ1) is 16.1. The molecule has 0 unspecified atom stereocenters. The first-order valence-electron chi connectivity index (χ1n) is 6.63. The molecule has 2 rings (SSSR count). The highest BCUT2D eigenvalue weighted by Crippen LogP contribution is 2.24. The molecule has 0 aliphatic carbocycles. The number of pyridine rings is 1. The fraction of sp³-hybridized carbons (Fsp3) is 0.200. The van der Waals surface area contributed by atoms with Crippen LogP contribution in [0.2, 0.25) is 0 Å². The summed E-state index contributed by atoms with van der Waals surface area (Å²) in [5, 5.41) is 3.86. The van der Waals surface area contributed by atoms with Crippen molar-refractivity contribution in [3.05, 3.63) is 49.3 Å². The van der Waals surface area contributed by atoms with Crippen molar-refractivity contribution in [3.63, 3.8) is 0 Å². The van der Waals surface area contributed by atoms with E-state index in [2.05, 4.69) is 16.9 Å². The number of carbonyl (C=O) groups is 1. The summed E-state index contributed by atoms with van der Waals surface area (Å²) >= 11 is 0. The summed E-state index contributed by atoms with van der Waals surface area (Å²) in [4.78, 5) is 15.8. The van der Waals surface area contributed by atoms with Crippen LogP contribution >= 0.6 is 0 Å². The van der Waals surface area contributed by atoms with Gasteiger partial charge in [-0.2, -0.15) is 4.31 Å². The van der Waals surface area contributed by atoms with Gasteiger partial charge >= 0.3 is 0 Å². The highest BCUT2D eigenvalue weighted by atomic mass is 32.2. The lowest BCUT2D eigenvalue weighted by atomic mass is 10.2. The Balaban J connectivity index is 2.32. The molecule has 0 aliphatic heterocycles. The summed E-state index contributed by atoms with van der Waals surface area (Å²) in [5.41, 5.74) is 0. The third-order valence-electron chi connectivity index (χ3n) is 3.14. The van der Waals surface area contributed by atoms with Crippen LogP contribution in [-0.4, -0.2) is 43.8 Å². The van der Waals surface area contributed by atoms with Gasteiger partial charge in [-0.05, 0) is 12.1 Å². The van der Waals surface area contributed by atoms with E-state index in [0.29, 0.717) is 11.9 Å². The van der Waals surface area contributed by atoms with E-state index in [9.17, 15) is 13.2 Å².